The van der Waals surface area contributed by atoms with E-state index in [1.807, 2.05) is 0 Å². The normalized spacial score (nSPS) is 6.33. The zero-order valence-electron chi connectivity index (χ0n) is 6.69. The Kier molecular flexibility index (Phi) is 12.7. The minimum absolute atomic E-state index is 0.834. The van der Waals surface area contributed by atoms with Crippen LogP contribution in [0.15, 0.2) is 0 Å². The summed E-state index contributed by atoms with van der Waals surface area (Å²) in [5.41, 5.74) is 0. The molecule has 12 heavy (non-hydrogen) atoms. The van der Waals surface area contributed by atoms with Crippen LogP contribution in [0.2, 0.25) is 0 Å². The van der Waals surface area contributed by atoms with Gasteiger partial charge in [-0.15, -0.1) is 0 Å². The molecule has 66 valence electrons. The Morgan fingerprint density at radius 1 is 1.58 bits per heavy atom. The van der Waals surface area contributed by atoms with Gasteiger partial charge in [-0.3, -0.25) is 0 Å². The third-order valence-corrected chi connectivity index (χ3v) is 0.784. The molecule has 0 aliphatic carbocycles. The number of unbranched alkanes of at least 4 members (excludes halogenated alkanes) is 2. The molecule has 0 aliphatic heterocycles. The van der Waals surface area contributed by atoms with Gasteiger partial charge in [-0.25, -0.2) is 0 Å². The molecule has 6 heteroatoms. The third-order valence-electron chi connectivity index (χ3n) is 0.784. The predicted molar refractivity (Wildman–Crippen MR) is 42.7 cm³/mol. The zero-order chi connectivity index (χ0) is 9.82. The summed E-state index contributed by atoms with van der Waals surface area (Å²) in [5, 5.41) is 22.6. The molecule has 0 unspecified atom stereocenters. The first-order valence-corrected chi connectivity index (χ1v) is 3.28. The second kappa shape index (κ2) is 11.9. The molecule has 6 nitrogen and oxygen atoms in total. The van der Waals surface area contributed by atoms with Crippen LogP contribution < -0.4 is 0 Å². The van der Waals surface area contributed by atoms with Gasteiger partial charge in [0.25, 0.3) is 0 Å². The van der Waals surface area contributed by atoms with Gasteiger partial charge in [-0.1, -0.05) is 13.3 Å². The van der Waals surface area contributed by atoms with Crippen LogP contribution >= 0.6 is 0 Å². The quantitative estimate of drug-likeness (QED) is 0.208. The highest BCUT2D eigenvalue weighted by atomic mass is 16.9. The fraction of sp³-hybridized carbons (Fsp3) is 0.667. The number of nitrogens with zero attached hydrogens (tertiary/aromatic N) is 3. The number of hydrogen-bond acceptors (Lipinski definition) is 4. The molecule has 0 rings (SSSR count). The van der Waals surface area contributed by atoms with E-state index in [9.17, 15) is 0 Å². The van der Waals surface area contributed by atoms with Gasteiger partial charge in [-0.2, -0.15) is 0 Å². The van der Waals surface area contributed by atoms with Crippen LogP contribution in [-0.4, -0.2) is 5.09 Å². The first-order valence-electron chi connectivity index (χ1n) is 3.28. The van der Waals surface area contributed by atoms with E-state index in [4.69, 9.17) is 20.7 Å². The summed E-state index contributed by atoms with van der Waals surface area (Å²) in [4.78, 5) is 10.9. The molecule has 0 atom stereocenters. The third kappa shape index (κ3) is 41.7. The fourth-order valence-electron chi connectivity index (χ4n) is 0.356. The Bertz CT molecular complexity index is 206. The molecule has 0 saturated heterocycles. The summed E-state index contributed by atoms with van der Waals surface area (Å²) in [5.74, 6) is 2.67. The minimum Gasteiger partial charge on any atom is -0.356 e. The molecular weight excluding hydrogens is 162 g/mol. The zero-order valence-corrected chi connectivity index (χ0v) is 6.69. The lowest BCUT2D eigenvalue weighted by Gasteiger charge is -1.78. The Hall–Kier alpha value is -1.82. The lowest BCUT2D eigenvalue weighted by Crippen LogP contribution is -1.74. The van der Waals surface area contributed by atoms with Crippen molar-refractivity contribution >= 4 is 0 Å². The first-order chi connectivity index (χ1) is 5.65. The molecule has 0 amide bonds. The van der Waals surface area contributed by atoms with E-state index in [2.05, 4.69) is 23.9 Å². The summed E-state index contributed by atoms with van der Waals surface area (Å²) in [6.07, 6.45) is 3.06. The van der Waals surface area contributed by atoms with Crippen molar-refractivity contribution < 1.29 is 5.09 Å². The second-order valence-corrected chi connectivity index (χ2v) is 1.72. The maximum absolute atomic E-state index is 8.25. The topological polar surface area (TPSA) is 94.3 Å². The van der Waals surface area contributed by atoms with Crippen LogP contribution in [0.4, 0.5) is 0 Å². The van der Waals surface area contributed by atoms with Crippen LogP contribution in [0.3, 0.4) is 0 Å². The van der Waals surface area contributed by atoms with Gasteiger partial charge >= 0.3 is 6.04 Å². The lowest BCUT2D eigenvalue weighted by atomic mass is 10.3. The van der Waals surface area contributed by atoms with Crippen LogP contribution in [-0.2, 0) is 0 Å². The van der Waals surface area contributed by atoms with E-state index in [1.54, 1.807) is 0 Å². The lowest BCUT2D eigenvalue weighted by molar-refractivity contribution is -0.402. The molecule has 0 heterocycles. The standard InChI is InChI=1S/C6H9N2.NO3/c1-2-3-4-5-6-8-7;2-1(3)4/h2-4H2,1H3;/q+1;-1. The number of hydrogen-bond donors (Lipinski definition) is 0. The second-order valence-electron chi connectivity index (χ2n) is 1.72. The fourth-order valence-corrected chi connectivity index (χ4v) is 0.356. The van der Waals surface area contributed by atoms with Crippen molar-refractivity contribution in [2.24, 2.45) is 0 Å². The smallest absolute Gasteiger partial charge is 0.356 e. The summed E-state index contributed by atoms with van der Waals surface area (Å²) in [7, 11) is 0. The van der Waals surface area contributed by atoms with E-state index < -0.39 is 5.09 Å². The molecule has 0 bridgehead atoms. The van der Waals surface area contributed by atoms with E-state index in [-0.39, 0.29) is 0 Å². The van der Waals surface area contributed by atoms with Crippen molar-refractivity contribution in [3.63, 3.8) is 0 Å². The molecule has 0 saturated carbocycles. The predicted octanol–water partition coefficient (Wildman–Crippen LogP) is 1.75. The Morgan fingerprint density at radius 3 is 2.42 bits per heavy atom. The maximum atomic E-state index is 8.25. The van der Waals surface area contributed by atoms with Crippen molar-refractivity contribution in [2.45, 2.75) is 26.2 Å². The van der Waals surface area contributed by atoms with Crippen LogP contribution in [0.25, 0.3) is 4.98 Å². The van der Waals surface area contributed by atoms with Gasteiger partial charge in [-0.05, 0) is 12.3 Å². The summed E-state index contributed by atoms with van der Waals surface area (Å²) in [6.45, 7) is 2.10. The highest BCUT2D eigenvalue weighted by Crippen LogP contribution is 1.89. The average Bonchev–Trinajstić information content (AvgIpc) is 1.97. The van der Waals surface area contributed by atoms with Gasteiger partial charge in [0.1, 0.15) is 0 Å². The van der Waals surface area contributed by atoms with Crippen molar-refractivity contribution in [3.8, 4) is 12.0 Å². The first kappa shape index (κ1) is 12.8. The molecule has 0 aliphatic rings. The molecule has 0 fully saturated rings. The van der Waals surface area contributed by atoms with Crippen molar-refractivity contribution in [1.82, 2.24) is 0 Å². The highest BCUT2D eigenvalue weighted by Gasteiger charge is 1.78. The Balaban J connectivity index is 0. The average molecular weight is 171 g/mol. The monoisotopic (exact) mass is 171 g/mol. The Morgan fingerprint density at radius 2 is 2.08 bits per heavy atom. The van der Waals surface area contributed by atoms with Crippen LogP contribution in [0, 0.1) is 32.7 Å². The van der Waals surface area contributed by atoms with Crippen molar-refractivity contribution in [2.75, 3.05) is 0 Å². The SMILES string of the molecule is CCCCC#C[N+]#N.O=[N+]([O-])[O-]. The van der Waals surface area contributed by atoms with Gasteiger partial charge in [0.15, 0.2) is 0 Å². The van der Waals surface area contributed by atoms with Gasteiger partial charge in [0.2, 0.25) is 10.4 Å². The molecule has 0 N–H and O–H groups in total. The van der Waals surface area contributed by atoms with Gasteiger partial charge < -0.3 is 15.3 Å². The Labute approximate surface area is 69.9 Å². The van der Waals surface area contributed by atoms with Crippen molar-refractivity contribution in [3.05, 3.63) is 20.3 Å². The van der Waals surface area contributed by atoms with Crippen LogP contribution in [0.5, 0.6) is 0 Å². The summed E-state index contributed by atoms with van der Waals surface area (Å²) in [6, 6.07) is 2.21. The summed E-state index contributed by atoms with van der Waals surface area (Å²) < 4.78 is 0. The molecule has 0 aromatic heterocycles. The van der Waals surface area contributed by atoms with Crippen molar-refractivity contribution in [1.29, 1.82) is 5.39 Å². The van der Waals surface area contributed by atoms with Gasteiger partial charge in [0, 0.05) is 6.42 Å². The molecular formula is C6H9N3O3. The minimum atomic E-state index is -1.75. The maximum Gasteiger partial charge on any atom is 0.422 e. The van der Waals surface area contributed by atoms with Gasteiger partial charge in [0.05, 0.1) is 5.09 Å². The molecule has 0 aromatic rings. The molecule has 0 spiro atoms. The molecule has 0 radical (unpaired) electrons. The van der Waals surface area contributed by atoms with Crippen LogP contribution in [0.1, 0.15) is 26.2 Å². The van der Waals surface area contributed by atoms with E-state index in [0.29, 0.717) is 0 Å². The number of diazo groups is 1. The molecule has 0 aromatic carbocycles. The highest BCUT2D eigenvalue weighted by molar-refractivity contribution is 5.03. The largest absolute Gasteiger partial charge is 0.422 e. The van der Waals surface area contributed by atoms with E-state index >= 15 is 0 Å². The van der Waals surface area contributed by atoms with E-state index in [0.717, 1.165) is 19.3 Å². The van der Waals surface area contributed by atoms with E-state index in [1.165, 1.54) is 0 Å². The number of rotatable bonds is 2. The summed E-state index contributed by atoms with van der Waals surface area (Å²) >= 11 is 0.